The molecule has 426 valence electrons. The number of aliphatic imine (C=N–C) groups is 2. The number of esters is 4. The Bertz CT molecular complexity index is 4510. The summed E-state index contributed by atoms with van der Waals surface area (Å²) in [4.78, 5) is 103. The zero-order chi connectivity index (χ0) is 61.6. The van der Waals surface area contributed by atoms with Crippen LogP contribution in [-0.4, -0.2) is 46.9 Å². The van der Waals surface area contributed by atoms with Gasteiger partial charge in [0.1, 0.15) is 73.3 Å². The molecule has 3 aromatic heterocycles. The SMILES string of the molecule is N#CC(C#N)=C1/C(=N/C2=Cc3sc4c(sc5c6c(sc54)C=C(/N=C4/C(=O)c5ccccc5C4=C(C#N)C#N)C6(C(=O)OCc4ccccc4)C(=O)OCc4ccccc4)c3C2(C(=O)OCc2ccccc2)C(=O)OCc2ccccc2)C(=O)c2ccccc21. The van der Waals surface area contributed by atoms with Gasteiger partial charge in [-0.15, -0.1) is 34.0 Å². The molecule has 0 unspecified atom stereocenters. The second kappa shape index (κ2) is 23.0. The van der Waals surface area contributed by atoms with Crippen molar-refractivity contribution in [3.05, 3.63) is 258 Å². The molecular weight excluding hydrogens is 1180 g/mol. The number of ketones is 2. The lowest BCUT2D eigenvalue weighted by atomic mass is 9.80. The minimum Gasteiger partial charge on any atom is -0.459 e. The van der Waals surface area contributed by atoms with E-state index >= 15 is 19.2 Å². The summed E-state index contributed by atoms with van der Waals surface area (Å²) >= 11 is 3.29. The van der Waals surface area contributed by atoms with Crippen LogP contribution in [0.25, 0.3) is 42.1 Å². The molecule has 0 radical (unpaired) electrons. The van der Waals surface area contributed by atoms with Crippen molar-refractivity contribution in [1.82, 2.24) is 0 Å². The van der Waals surface area contributed by atoms with E-state index in [1.807, 2.05) is 24.3 Å². The molecule has 6 aromatic carbocycles. The molecule has 0 amide bonds. The van der Waals surface area contributed by atoms with Crippen molar-refractivity contribution in [1.29, 1.82) is 21.0 Å². The standard InChI is InChI=1S/C70H38N6O10S3/c71-31-43(32-72)53-45-25-13-15-27-47(45)59(77)57(53)75-51-29-49-55(69(51,65(79)83-35-39-17-5-1-6-18-39)66(80)84-36-40-19-7-2-8-20-40)61-63(87-49)64-62(89-61)56-50(88-64)30-52(76-58-54(44(33-73)34-74)46-26-14-16-28-48(46)60(58)78)70(56,67(81)85-37-41-21-9-3-10-22-41)68(82)86-38-42-23-11-4-12-24-42/h1-30H,35-38H2/b75-57-,76-58+. The number of fused-ring (bicyclic) bond motifs is 9. The number of carbonyl (C=O) groups excluding carboxylic acids is 6. The number of Topliss-reactive ketones (excluding diaryl/α,β-unsaturated/α-hetero) is 2. The number of allylic oxidation sites excluding steroid dienone is 4. The van der Waals surface area contributed by atoms with Gasteiger partial charge >= 0.3 is 23.9 Å². The average Bonchev–Trinajstić information content (AvgIpc) is 1.52. The lowest BCUT2D eigenvalue weighted by Crippen LogP contribution is -2.46. The normalized spacial score (nSPS) is 15.4. The van der Waals surface area contributed by atoms with Gasteiger partial charge in [0.05, 0.1) is 30.2 Å². The molecule has 0 fully saturated rings. The number of thiophene rings is 3. The Kier molecular flexibility index (Phi) is 14.6. The molecule has 16 nitrogen and oxygen atoms in total. The summed E-state index contributed by atoms with van der Waals surface area (Å²) in [6.07, 6.45) is 2.96. The van der Waals surface area contributed by atoms with E-state index < -0.39 is 68.8 Å². The number of carbonyl (C=O) groups is 6. The Morgan fingerprint density at radius 2 is 0.663 bits per heavy atom. The second-order valence-corrected chi connectivity index (χ2v) is 23.6. The number of hydrogen-bond donors (Lipinski definition) is 0. The number of rotatable bonds is 14. The fourth-order valence-electron chi connectivity index (χ4n) is 11.4. The zero-order valence-corrected chi connectivity index (χ0v) is 48.6. The molecule has 89 heavy (non-hydrogen) atoms. The van der Waals surface area contributed by atoms with Crippen LogP contribution in [0.5, 0.6) is 0 Å². The maximum atomic E-state index is 15.9. The first kappa shape index (κ1) is 56.5. The van der Waals surface area contributed by atoms with Gasteiger partial charge in [-0.2, -0.15) is 21.0 Å². The number of benzene rings is 6. The summed E-state index contributed by atoms with van der Waals surface area (Å²) in [6.45, 7) is -1.39. The maximum absolute atomic E-state index is 15.9. The third-order valence-corrected chi connectivity index (χ3v) is 19.4. The number of hydrogen-bond acceptors (Lipinski definition) is 19. The van der Waals surface area contributed by atoms with E-state index in [1.54, 1.807) is 158 Å². The second-order valence-electron chi connectivity index (χ2n) is 20.5. The first-order valence-corrected chi connectivity index (χ1v) is 29.8. The molecule has 19 heteroatoms. The highest BCUT2D eigenvalue weighted by Gasteiger charge is 2.63. The molecule has 4 aliphatic rings. The van der Waals surface area contributed by atoms with Gasteiger partial charge in [0.2, 0.25) is 22.4 Å². The number of nitriles is 4. The van der Waals surface area contributed by atoms with Crippen molar-refractivity contribution in [2.24, 2.45) is 9.98 Å². The van der Waals surface area contributed by atoms with E-state index in [1.165, 1.54) is 24.3 Å². The summed E-state index contributed by atoms with van der Waals surface area (Å²) in [5.74, 6) is -6.03. The Morgan fingerprint density at radius 1 is 0.382 bits per heavy atom. The third-order valence-electron chi connectivity index (χ3n) is 15.5. The van der Waals surface area contributed by atoms with Gasteiger partial charge in [0.25, 0.3) is 0 Å². The quantitative estimate of drug-likeness (QED) is 0.0424. The lowest BCUT2D eigenvalue weighted by molar-refractivity contribution is -0.166. The monoisotopic (exact) mass is 1220 g/mol. The molecule has 0 saturated carbocycles. The summed E-state index contributed by atoms with van der Waals surface area (Å²) in [5, 5.41) is 41.4. The molecule has 4 aliphatic carbocycles. The molecule has 0 N–H and O–H groups in total. The summed E-state index contributed by atoms with van der Waals surface area (Å²) in [5.41, 5.74) is -4.95. The van der Waals surface area contributed by atoms with Gasteiger partial charge < -0.3 is 18.9 Å². The Hall–Kier alpha value is -11.6. The first-order chi connectivity index (χ1) is 43.4. The summed E-state index contributed by atoms with van der Waals surface area (Å²) in [7, 11) is 0. The smallest absolute Gasteiger partial charge is 0.334 e. The highest BCUT2D eigenvalue weighted by molar-refractivity contribution is 7.39. The van der Waals surface area contributed by atoms with Gasteiger partial charge in [-0.25, -0.2) is 9.98 Å². The largest absolute Gasteiger partial charge is 0.459 e. The molecule has 0 saturated heterocycles. The minimum atomic E-state index is -2.67. The fraction of sp³-hybridized carbons (Fsp3) is 0.0857. The first-order valence-electron chi connectivity index (χ1n) is 27.3. The molecule has 0 atom stereocenters. The Balaban J connectivity index is 1.07. The van der Waals surface area contributed by atoms with Crippen molar-refractivity contribution in [3.63, 3.8) is 0 Å². The molecular formula is C70H38N6O10S3. The van der Waals surface area contributed by atoms with Crippen LogP contribution in [0.1, 0.15) is 75.0 Å². The number of nitrogens with zero attached hydrogens (tertiary/aromatic N) is 6. The van der Waals surface area contributed by atoms with E-state index in [0.29, 0.717) is 41.4 Å². The molecule has 0 bridgehead atoms. The highest BCUT2D eigenvalue weighted by atomic mass is 32.1. The Morgan fingerprint density at radius 3 is 0.955 bits per heavy atom. The molecule has 0 aliphatic heterocycles. The van der Waals surface area contributed by atoms with Crippen molar-refractivity contribution >= 4 is 123 Å². The van der Waals surface area contributed by atoms with E-state index in [9.17, 15) is 30.6 Å². The Labute approximate surface area is 518 Å². The van der Waals surface area contributed by atoms with Gasteiger partial charge in [-0.05, 0) is 45.5 Å². The van der Waals surface area contributed by atoms with E-state index in [2.05, 4.69) is 0 Å². The molecule has 3 heterocycles. The van der Waals surface area contributed by atoms with E-state index in [4.69, 9.17) is 28.9 Å². The highest BCUT2D eigenvalue weighted by Crippen LogP contribution is 2.61. The van der Waals surface area contributed by atoms with Gasteiger partial charge in [0, 0.05) is 43.2 Å². The van der Waals surface area contributed by atoms with Crippen LogP contribution in [0.15, 0.2) is 202 Å². The molecule has 0 spiro atoms. The zero-order valence-electron chi connectivity index (χ0n) is 46.1. The van der Waals surface area contributed by atoms with Crippen LogP contribution >= 0.6 is 34.0 Å². The maximum Gasteiger partial charge on any atom is 0.334 e. The van der Waals surface area contributed by atoms with Crippen molar-refractivity contribution in [2.75, 3.05) is 0 Å². The minimum absolute atomic E-state index is 0.0318. The number of ether oxygens (including phenoxy) is 4. The van der Waals surface area contributed by atoms with Crippen molar-refractivity contribution < 1.29 is 47.7 Å². The van der Waals surface area contributed by atoms with Crippen LogP contribution in [0.4, 0.5) is 0 Å². The third kappa shape index (κ3) is 9.21. The van der Waals surface area contributed by atoms with Crippen molar-refractivity contribution in [3.8, 4) is 24.3 Å². The van der Waals surface area contributed by atoms with Crippen LogP contribution in [-0.2, 0) is 75.4 Å². The summed E-state index contributed by atoms with van der Waals surface area (Å²) in [6, 6.07) is 55.0. The average molecular weight is 1220 g/mol. The van der Waals surface area contributed by atoms with E-state index in [0.717, 1.165) is 34.0 Å². The summed E-state index contributed by atoms with van der Waals surface area (Å²) < 4.78 is 26.4. The lowest BCUT2D eigenvalue weighted by Gasteiger charge is -2.28. The topological polar surface area (TPSA) is 259 Å². The van der Waals surface area contributed by atoms with Crippen LogP contribution < -0.4 is 0 Å². The van der Waals surface area contributed by atoms with Gasteiger partial charge in [-0.3, -0.25) is 28.8 Å². The predicted molar refractivity (Wildman–Crippen MR) is 332 cm³/mol. The van der Waals surface area contributed by atoms with Crippen LogP contribution in [0, 0.1) is 45.3 Å². The molecule has 13 rings (SSSR count). The van der Waals surface area contributed by atoms with Gasteiger partial charge in [0.15, 0.2) is 0 Å². The van der Waals surface area contributed by atoms with Gasteiger partial charge in [-0.1, -0.05) is 170 Å². The van der Waals surface area contributed by atoms with Crippen LogP contribution in [0.2, 0.25) is 0 Å². The van der Waals surface area contributed by atoms with Crippen molar-refractivity contribution in [2.45, 2.75) is 37.3 Å². The predicted octanol–water partition coefficient (Wildman–Crippen LogP) is 12.6. The van der Waals surface area contributed by atoms with Crippen LogP contribution in [0.3, 0.4) is 0 Å². The fourth-order valence-corrected chi connectivity index (χ4v) is 16.0. The van der Waals surface area contributed by atoms with E-state index in [-0.39, 0.29) is 91.7 Å². The molecule has 9 aromatic rings.